The van der Waals surface area contributed by atoms with Crippen molar-refractivity contribution in [1.29, 1.82) is 0 Å². The van der Waals surface area contributed by atoms with Crippen LogP contribution in [0.4, 0.5) is 4.39 Å². The van der Waals surface area contributed by atoms with Crippen LogP contribution in [0.25, 0.3) is 0 Å². The summed E-state index contributed by atoms with van der Waals surface area (Å²) in [6.45, 7) is 5.36. The molecule has 0 bridgehead atoms. The third-order valence-electron chi connectivity index (χ3n) is 1.90. The smallest absolute Gasteiger partial charge is 0.344 e. The van der Waals surface area contributed by atoms with Crippen LogP contribution < -0.4 is 4.74 Å². The number of hydrogen-bond donors (Lipinski definition) is 0. The number of halogens is 2. The first-order valence-electron chi connectivity index (χ1n) is 5.29. The van der Waals surface area contributed by atoms with Crippen LogP contribution in [0.3, 0.4) is 0 Å². The summed E-state index contributed by atoms with van der Waals surface area (Å²) in [4.78, 5) is 11.6. The van der Waals surface area contributed by atoms with Gasteiger partial charge in [0.25, 0.3) is 0 Å². The molecule has 1 aromatic rings. The van der Waals surface area contributed by atoms with E-state index in [0.29, 0.717) is 0 Å². The largest absolute Gasteiger partial charge is 0.490 e. The van der Waals surface area contributed by atoms with Crippen molar-refractivity contribution < 1.29 is 18.7 Å². The lowest BCUT2D eigenvalue weighted by atomic mass is 10.2. The average Bonchev–Trinajstić information content (AvgIpc) is 2.23. The number of carbonyl (C=O) groups is 1. The van der Waals surface area contributed by atoms with Gasteiger partial charge < -0.3 is 9.47 Å². The van der Waals surface area contributed by atoms with Gasteiger partial charge in [0.2, 0.25) is 0 Å². The van der Waals surface area contributed by atoms with E-state index < -0.39 is 11.8 Å². The second-order valence-corrected chi connectivity index (χ2v) is 4.03. The van der Waals surface area contributed by atoms with E-state index in [0.717, 1.165) is 0 Å². The zero-order valence-corrected chi connectivity index (χ0v) is 10.7. The van der Waals surface area contributed by atoms with Crippen molar-refractivity contribution in [2.75, 3.05) is 6.61 Å². The summed E-state index contributed by atoms with van der Waals surface area (Å²) in [5, 5.41) is -0.135. The zero-order valence-electron chi connectivity index (χ0n) is 9.92. The topological polar surface area (TPSA) is 35.5 Å². The predicted octanol–water partition coefficient (Wildman–Crippen LogP) is 3.44. The predicted molar refractivity (Wildman–Crippen MR) is 63.1 cm³/mol. The molecule has 1 rings (SSSR count). The minimum absolute atomic E-state index is 0.135. The number of ether oxygens (including phenoxy) is 2. The lowest BCUT2D eigenvalue weighted by Crippen LogP contribution is -2.14. The molecule has 0 radical (unpaired) electrons. The molecule has 0 amide bonds. The molecule has 3 nitrogen and oxygen atoms in total. The van der Waals surface area contributed by atoms with Crippen molar-refractivity contribution in [3.8, 4) is 5.75 Å². The number of rotatable bonds is 4. The van der Waals surface area contributed by atoms with Crippen LogP contribution in [0.15, 0.2) is 12.1 Å². The monoisotopic (exact) mass is 260 g/mol. The SMILES string of the molecule is CCOC(=O)c1c(OC(C)C)ccc(Cl)c1F. The van der Waals surface area contributed by atoms with Gasteiger partial charge in [-0.05, 0) is 32.9 Å². The standard InChI is InChI=1S/C12H14ClFO3/c1-4-16-12(15)10-9(17-7(2)3)6-5-8(13)11(10)14/h5-7H,4H2,1-3H3. The Balaban J connectivity index is 3.21. The van der Waals surface area contributed by atoms with E-state index in [4.69, 9.17) is 21.1 Å². The first kappa shape index (κ1) is 13.8. The van der Waals surface area contributed by atoms with E-state index >= 15 is 0 Å². The van der Waals surface area contributed by atoms with Gasteiger partial charge in [-0.15, -0.1) is 0 Å². The summed E-state index contributed by atoms with van der Waals surface area (Å²) in [5.41, 5.74) is -0.256. The third-order valence-corrected chi connectivity index (χ3v) is 2.19. The fourth-order valence-electron chi connectivity index (χ4n) is 1.28. The Bertz CT molecular complexity index is 418. The van der Waals surface area contributed by atoms with Gasteiger partial charge in [0.15, 0.2) is 5.82 Å². The maximum atomic E-state index is 13.8. The maximum absolute atomic E-state index is 13.8. The first-order chi connectivity index (χ1) is 7.97. The second-order valence-electron chi connectivity index (χ2n) is 3.62. The molecular weight excluding hydrogens is 247 g/mol. The van der Waals surface area contributed by atoms with Gasteiger partial charge >= 0.3 is 5.97 Å². The van der Waals surface area contributed by atoms with Crippen molar-refractivity contribution in [2.24, 2.45) is 0 Å². The van der Waals surface area contributed by atoms with E-state index in [-0.39, 0.29) is 29.0 Å². The molecule has 0 atom stereocenters. The highest BCUT2D eigenvalue weighted by Crippen LogP contribution is 2.28. The Kier molecular flexibility index (Phi) is 4.75. The third kappa shape index (κ3) is 3.33. The van der Waals surface area contributed by atoms with E-state index in [1.54, 1.807) is 20.8 Å². The summed E-state index contributed by atoms with van der Waals surface area (Å²) in [5.74, 6) is -1.45. The van der Waals surface area contributed by atoms with Gasteiger partial charge in [-0.1, -0.05) is 11.6 Å². The van der Waals surface area contributed by atoms with Crippen molar-refractivity contribution >= 4 is 17.6 Å². The second kappa shape index (κ2) is 5.87. The highest BCUT2D eigenvalue weighted by atomic mass is 35.5. The van der Waals surface area contributed by atoms with Gasteiger partial charge in [0, 0.05) is 0 Å². The number of esters is 1. The molecule has 0 unspecified atom stereocenters. The van der Waals surface area contributed by atoms with Crippen molar-refractivity contribution in [3.05, 3.63) is 28.5 Å². The molecule has 0 saturated carbocycles. The van der Waals surface area contributed by atoms with E-state index in [2.05, 4.69) is 0 Å². The lowest BCUT2D eigenvalue weighted by molar-refractivity contribution is 0.0514. The molecule has 0 aromatic heterocycles. The molecule has 0 aliphatic heterocycles. The van der Waals surface area contributed by atoms with Crippen LogP contribution in [0.2, 0.25) is 5.02 Å². The molecule has 0 fully saturated rings. The molecule has 0 saturated heterocycles. The molecule has 0 aliphatic carbocycles. The van der Waals surface area contributed by atoms with Gasteiger partial charge in [0.05, 0.1) is 17.7 Å². The van der Waals surface area contributed by atoms with Gasteiger partial charge in [0.1, 0.15) is 11.3 Å². The van der Waals surface area contributed by atoms with Crippen molar-refractivity contribution in [2.45, 2.75) is 26.9 Å². The van der Waals surface area contributed by atoms with Gasteiger partial charge in [-0.2, -0.15) is 0 Å². The van der Waals surface area contributed by atoms with Crippen LogP contribution >= 0.6 is 11.6 Å². The number of carbonyl (C=O) groups excluding carboxylic acids is 1. The average molecular weight is 261 g/mol. The van der Waals surface area contributed by atoms with E-state index in [1.807, 2.05) is 0 Å². The molecule has 0 spiro atoms. The Labute approximate surface area is 104 Å². The Morgan fingerprint density at radius 3 is 2.65 bits per heavy atom. The van der Waals surface area contributed by atoms with E-state index in [1.165, 1.54) is 12.1 Å². The fourth-order valence-corrected chi connectivity index (χ4v) is 1.44. The van der Waals surface area contributed by atoms with Gasteiger partial charge in [-0.3, -0.25) is 0 Å². The summed E-state index contributed by atoms with van der Waals surface area (Å²) >= 11 is 5.63. The Morgan fingerprint density at radius 1 is 1.47 bits per heavy atom. The molecule has 17 heavy (non-hydrogen) atoms. The molecule has 0 N–H and O–H groups in total. The summed E-state index contributed by atoms with van der Waals surface area (Å²) in [6, 6.07) is 2.80. The fraction of sp³-hybridized carbons (Fsp3) is 0.417. The quantitative estimate of drug-likeness (QED) is 0.778. The van der Waals surface area contributed by atoms with Crippen LogP contribution in [-0.2, 0) is 4.74 Å². The minimum Gasteiger partial charge on any atom is -0.490 e. The van der Waals surface area contributed by atoms with E-state index in [9.17, 15) is 9.18 Å². The van der Waals surface area contributed by atoms with Crippen LogP contribution in [0.5, 0.6) is 5.75 Å². The normalized spacial score (nSPS) is 10.5. The lowest BCUT2D eigenvalue weighted by Gasteiger charge is -2.14. The summed E-state index contributed by atoms with van der Waals surface area (Å²) in [7, 11) is 0. The molecular formula is C12H14ClFO3. The first-order valence-corrected chi connectivity index (χ1v) is 5.67. The van der Waals surface area contributed by atoms with Crippen LogP contribution in [-0.4, -0.2) is 18.7 Å². The Hall–Kier alpha value is -1.29. The van der Waals surface area contributed by atoms with Crippen molar-refractivity contribution in [1.82, 2.24) is 0 Å². The molecule has 0 heterocycles. The zero-order chi connectivity index (χ0) is 13.0. The molecule has 1 aromatic carbocycles. The highest BCUT2D eigenvalue weighted by molar-refractivity contribution is 6.31. The molecule has 5 heteroatoms. The van der Waals surface area contributed by atoms with Crippen molar-refractivity contribution in [3.63, 3.8) is 0 Å². The minimum atomic E-state index is -0.816. The highest BCUT2D eigenvalue weighted by Gasteiger charge is 2.22. The number of benzene rings is 1. The summed E-state index contributed by atoms with van der Waals surface area (Å²) < 4.78 is 23.9. The maximum Gasteiger partial charge on any atom is 0.344 e. The molecule has 94 valence electrons. The summed E-state index contributed by atoms with van der Waals surface area (Å²) in [6.07, 6.45) is -0.177. The number of hydrogen-bond acceptors (Lipinski definition) is 3. The molecule has 0 aliphatic rings. The van der Waals surface area contributed by atoms with Crippen LogP contribution in [0.1, 0.15) is 31.1 Å². The van der Waals surface area contributed by atoms with Crippen LogP contribution in [0, 0.1) is 5.82 Å². The van der Waals surface area contributed by atoms with Gasteiger partial charge in [-0.25, -0.2) is 9.18 Å². The Morgan fingerprint density at radius 2 is 2.12 bits per heavy atom.